The number of nitrogens with two attached hydrogens (primary N) is 1. The lowest BCUT2D eigenvalue weighted by Crippen LogP contribution is -2.39. The molecule has 1 saturated heterocycles. The van der Waals surface area contributed by atoms with E-state index in [4.69, 9.17) is 5.73 Å². The van der Waals surface area contributed by atoms with Crippen LogP contribution >= 0.6 is 0 Å². The molecule has 0 atom stereocenters. The molecule has 3 heterocycles. The van der Waals surface area contributed by atoms with Crippen molar-refractivity contribution in [3.05, 3.63) is 113 Å². The first-order chi connectivity index (χ1) is 21.3. The average molecular weight is 592 g/mol. The Bertz CT molecular complexity index is 1880. The van der Waals surface area contributed by atoms with Gasteiger partial charge in [0.25, 0.3) is 5.91 Å². The molecule has 0 bridgehead atoms. The topological polar surface area (TPSA) is 135 Å². The molecule has 0 saturated carbocycles. The zero-order valence-electron chi connectivity index (χ0n) is 24.0. The molecule has 4 N–H and O–H groups in total. The van der Waals surface area contributed by atoms with E-state index in [1.165, 1.54) is 18.5 Å². The van der Waals surface area contributed by atoms with Crippen molar-refractivity contribution in [1.29, 1.82) is 0 Å². The van der Waals surface area contributed by atoms with Gasteiger partial charge in [-0.1, -0.05) is 36.4 Å². The number of nitrogen functional groups attached to an aromatic ring is 1. The van der Waals surface area contributed by atoms with Crippen LogP contribution in [0.25, 0.3) is 11.0 Å². The second kappa shape index (κ2) is 12.0. The molecular weight excluding hydrogens is 561 g/mol. The third-order valence-corrected chi connectivity index (χ3v) is 7.80. The number of fused-ring (bicyclic) bond motifs is 1. The number of ketones is 1. The first kappa shape index (κ1) is 28.5. The SMILES string of the molecule is Cc1ccc(F)c(NC(=O)Nc2cccc(C(=O)c3cn(C4CCN(C(=O)c5ccccc5)CC4)c4ncnc(N)c34)c2)c1. The highest BCUT2D eigenvalue weighted by Crippen LogP contribution is 2.33. The van der Waals surface area contributed by atoms with Gasteiger partial charge in [-0.15, -0.1) is 0 Å². The lowest BCUT2D eigenvalue weighted by atomic mass is 10.0. The summed E-state index contributed by atoms with van der Waals surface area (Å²) in [6, 6.07) is 19.4. The summed E-state index contributed by atoms with van der Waals surface area (Å²) in [4.78, 5) is 49.9. The van der Waals surface area contributed by atoms with E-state index in [-0.39, 0.29) is 29.2 Å². The standard InChI is InChI=1S/C33H30FN7O3/c1-20-10-11-26(34)27(16-20)39-33(44)38-23-9-5-8-22(17-23)29(42)25-18-41(31-28(25)30(35)36-19-37-31)24-12-14-40(15-13-24)32(43)21-6-3-2-4-7-21/h2-11,16-19,24H,12-15H2,1H3,(H2,35,36,37)(H2,38,39,44). The number of nitrogens with zero attached hydrogens (tertiary/aromatic N) is 4. The number of likely N-dealkylation sites (tertiary alicyclic amines) is 1. The van der Waals surface area contributed by atoms with Crippen molar-refractivity contribution in [3.63, 3.8) is 0 Å². The van der Waals surface area contributed by atoms with E-state index in [0.717, 1.165) is 5.56 Å². The molecule has 0 aliphatic carbocycles. The molecule has 5 aromatic rings. The fourth-order valence-electron chi connectivity index (χ4n) is 5.58. The number of carbonyl (C=O) groups excluding carboxylic acids is 3. The third-order valence-electron chi connectivity index (χ3n) is 7.80. The van der Waals surface area contributed by atoms with Crippen LogP contribution in [0.5, 0.6) is 0 Å². The quantitative estimate of drug-likeness (QED) is 0.213. The molecule has 0 spiro atoms. The predicted octanol–water partition coefficient (Wildman–Crippen LogP) is 5.81. The van der Waals surface area contributed by atoms with Crippen molar-refractivity contribution >= 4 is 45.9 Å². The van der Waals surface area contributed by atoms with Crippen molar-refractivity contribution in [2.75, 3.05) is 29.5 Å². The number of anilines is 3. The van der Waals surface area contributed by atoms with Crippen LogP contribution < -0.4 is 16.4 Å². The van der Waals surface area contributed by atoms with Crippen LogP contribution in [0.1, 0.15) is 50.7 Å². The maximum Gasteiger partial charge on any atom is 0.323 e. The summed E-state index contributed by atoms with van der Waals surface area (Å²) in [6.07, 6.45) is 4.48. The van der Waals surface area contributed by atoms with Crippen molar-refractivity contribution in [1.82, 2.24) is 19.4 Å². The largest absolute Gasteiger partial charge is 0.383 e. The van der Waals surface area contributed by atoms with E-state index in [2.05, 4.69) is 20.6 Å². The molecule has 1 aliphatic heterocycles. The minimum Gasteiger partial charge on any atom is -0.383 e. The molecule has 1 aliphatic rings. The van der Waals surface area contributed by atoms with Crippen LogP contribution in [0.4, 0.5) is 26.4 Å². The van der Waals surface area contributed by atoms with Gasteiger partial charge in [0.1, 0.15) is 23.6 Å². The first-order valence-electron chi connectivity index (χ1n) is 14.2. The highest BCUT2D eigenvalue weighted by molar-refractivity contribution is 6.18. The molecule has 2 aromatic heterocycles. The molecular formula is C33H30FN7O3. The second-order valence-corrected chi connectivity index (χ2v) is 10.8. The van der Waals surface area contributed by atoms with Gasteiger partial charge in [-0.05, 0) is 61.7 Å². The average Bonchev–Trinajstić information content (AvgIpc) is 3.43. The Labute approximate surface area is 252 Å². The first-order valence-corrected chi connectivity index (χ1v) is 14.2. The van der Waals surface area contributed by atoms with E-state index in [1.807, 2.05) is 39.8 Å². The van der Waals surface area contributed by atoms with Gasteiger partial charge >= 0.3 is 6.03 Å². The summed E-state index contributed by atoms with van der Waals surface area (Å²) in [6.45, 7) is 2.91. The van der Waals surface area contributed by atoms with Crippen LogP contribution in [-0.2, 0) is 0 Å². The zero-order valence-corrected chi connectivity index (χ0v) is 24.0. The third kappa shape index (κ3) is 5.71. The van der Waals surface area contributed by atoms with Crippen LogP contribution in [0, 0.1) is 12.7 Å². The maximum absolute atomic E-state index is 14.1. The molecule has 222 valence electrons. The molecule has 11 heteroatoms. The van der Waals surface area contributed by atoms with Crippen molar-refractivity contribution in [2.45, 2.75) is 25.8 Å². The number of aryl methyl sites for hydroxylation is 1. The number of piperidine rings is 1. The number of rotatable bonds is 6. The summed E-state index contributed by atoms with van der Waals surface area (Å²) >= 11 is 0. The molecule has 0 unspecified atom stereocenters. The Morgan fingerprint density at radius 1 is 0.909 bits per heavy atom. The number of benzene rings is 3. The van der Waals surface area contributed by atoms with Gasteiger partial charge in [0.15, 0.2) is 5.78 Å². The Balaban J connectivity index is 1.22. The second-order valence-electron chi connectivity index (χ2n) is 10.8. The Hall–Kier alpha value is -5.58. The molecule has 3 aromatic carbocycles. The van der Waals surface area contributed by atoms with Crippen LogP contribution in [0.15, 0.2) is 85.3 Å². The molecule has 3 amide bonds. The van der Waals surface area contributed by atoms with Crippen LogP contribution in [0.3, 0.4) is 0 Å². The van der Waals surface area contributed by atoms with E-state index < -0.39 is 11.8 Å². The van der Waals surface area contributed by atoms with Gasteiger partial charge in [-0.25, -0.2) is 19.2 Å². The Morgan fingerprint density at radius 3 is 2.43 bits per heavy atom. The number of halogens is 1. The number of nitrogens with one attached hydrogen (secondary N) is 2. The van der Waals surface area contributed by atoms with E-state index in [1.54, 1.807) is 43.5 Å². The zero-order chi connectivity index (χ0) is 30.8. The van der Waals surface area contributed by atoms with Gasteiger partial charge in [0.05, 0.1) is 16.6 Å². The van der Waals surface area contributed by atoms with Crippen LogP contribution in [-0.4, -0.2) is 50.2 Å². The minimum absolute atomic E-state index is 0.00459. The summed E-state index contributed by atoms with van der Waals surface area (Å²) in [5.41, 5.74) is 9.31. The Kier molecular flexibility index (Phi) is 7.76. The molecule has 6 rings (SSSR count). The van der Waals surface area contributed by atoms with E-state index in [9.17, 15) is 18.8 Å². The van der Waals surface area contributed by atoms with Gasteiger partial charge < -0.3 is 25.8 Å². The van der Waals surface area contributed by atoms with E-state index >= 15 is 0 Å². The molecule has 10 nitrogen and oxygen atoms in total. The smallest absolute Gasteiger partial charge is 0.323 e. The fraction of sp³-hybridized carbons (Fsp3) is 0.182. The monoisotopic (exact) mass is 591 g/mol. The lowest BCUT2D eigenvalue weighted by Gasteiger charge is -2.33. The molecule has 44 heavy (non-hydrogen) atoms. The van der Waals surface area contributed by atoms with E-state index in [0.29, 0.717) is 59.3 Å². The lowest BCUT2D eigenvalue weighted by molar-refractivity contribution is 0.0696. The highest BCUT2D eigenvalue weighted by atomic mass is 19.1. The summed E-state index contributed by atoms with van der Waals surface area (Å²) < 4.78 is 16.1. The van der Waals surface area contributed by atoms with Gasteiger partial charge in [0.2, 0.25) is 0 Å². The van der Waals surface area contributed by atoms with Crippen molar-refractivity contribution in [3.8, 4) is 0 Å². The summed E-state index contributed by atoms with van der Waals surface area (Å²) in [5, 5.41) is 5.61. The number of amides is 3. The number of carbonyl (C=O) groups is 3. The van der Waals surface area contributed by atoms with Crippen molar-refractivity contribution in [2.24, 2.45) is 0 Å². The number of urea groups is 1. The van der Waals surface area contributed by atoms with Gasteiger partial charge in [-0.2, -0.15) is 0 Å². The number of aromatic nitrogens is 3. The normalized spacial score (nSPS) is 13.5. The maximum atomic E-state index is 14.1. The number of hydrogen-bond acceptors (Lipinski definition) is 6. The number of hydrogen-bond donors (Lipinski definition) is 3. The molecule has 0 radical (unpaired) electrons. The summed E-state index contributed by atoms with van der Waals surface area (Å²) in [7, 11) is 0. The molecule has 1 fully saturated rings. The fourth-order valence-corrected chi connectivity index (χ4v) is 5.58. The Morgan fingerprint density at radius 2 is 1.66 bits per heavy atom. The van der Waals surface area contributed by atoms with Crippen LogP contribution in [0.2, 0.25) is 0 Å². The van der Waals surface area contributed by atoms with Gasteiger partial charge in [-0.3, -0.25) is 9.59 Å². The highest BCUT2D eigenvalue weighted by Gasteiger charge is 2.28. The van der Waals surface area contributed by atoms with Crippen molar-refractivity contribution < 1.29 is 18.8 Å². The van der Waals surface area contributed by atoms with Gasteiger partial charge in [0, 0.05) is 42.1 Å². The summed E-state index contributed by atoms with van der Waals surface area (Å²) in [5.74, 6) is -0.697. The minimum atomic E-state index is -0.648. The predicted molar refractivity (Wildman–Crippen MR) is 166 cm³/mol.